The molecule has 0 saturated heterocycles. The summed E-state index contributed by atoms with van der Waals surface area (Å²) < 4.78 is 1.98. The zero-order valence-corrected chi connectivity index (χ0v) is 17.8. The largest absolute Gasteiger partial charge is 0.384 e. The van der Waals surface area contributed by atoms with Gasteiger partial charge in [-0.15, -0.1) is 10.2 Å². The van der Waals surface area contributed by atoms with Gasteiger partial charge in [0.1, 0.15) is 5.69 Å². The average molecular weight is 411 g/mol. The van der Waals surface area contributed by atoms with Crippen LogP contribution in [-0.4, -0.2) is 38.0 Å². The second-order valence-corrected chi connectivity index (χ2v) is 7.34. The molecule has 8 heteroatoms. The molecule has 0 fully saturated rings. The van der Waals surface area contributed by atoms with Gasteiger partial charge in [0, 0.05) is 18.8 Å². The first-order chi connectivity index (χ1) is 14.1. The summed E-state index contributed by atoms with van der Waals surface area (Å²) in [5, 5.41) is 15.4. The number of aryl methyl sites for hydroxylation is 1. The van der Waals surface area contributed by atoms with Crippen molar-refractivity contribution in [2.75, 3.05) is 22.9 Å². The number of benzene rings is 1. The minimum absolute atomic E-state index is 0.0698. The lowest BCUT2D eigenvalue weighted by atomic mass is 10.1. The van der Waals surface area contributed by atoms with Crippen molar-refractivity contribution < 1.29 is 4.79 Å². The van der Waals surface area contributed by atoms with Crippen molar-refractivity contribution in [3.8, 4) is 11.5 Å². The molecule has 0 unspecified atom stereocenters. The molecule has 2 aromatic heterocycles. The fourth-order valence-corrected chi connectivity index (χ4v) is 3.66. The molecule has 0 saturated carbocycles. The SMILES string of the molecule is CCNc1ccc(-c2nnc(SCC(=O)Nc3ccc(CC)cc3)n2CC)nc1. The van der Waals surface area contributed by atoms with E-state index < -0.39 is 0 Å². The second-order valence-electron chi connectivity index (χ2n) is 6.40. The van der Waals surface area contributed by atoms with E-state index in [9.17, 15) is 4.79 Å². The van der Waals surface area contributed by atoms with Gasteiger partial charge in [0.25, 0.3) is 0 Å². The summed E-state index contributed by atoms with van der Waals surface area (Å²) in [6, 6.07) is 11.8. The van der Waals surface area contributed by atoms with E-state index in [0.29, 0.717) is 17.5 Å². The highest BCUT2D eigenvalue weighted by molar-refractivity contribution is 7.99. The lowest BCUT2D eigenvalue weighted by Crippen LogP contribution is -2.14. The molecule has 1 aromatic carbocycles. The Morgan fingerprint density at radius 1 is 1.03 bits per heavy atom. The molecule has 1 amide bonds. The monoisotopic (exact) mass is 410 g/mol. The van der Waals surface area contributed by atoms with Gasteiger partial charge in [0.05, 0.1) is 17.6 Å². The minimum Gasteiger partial charge on any atom is -0.384 e. The van der Waals surface area contributed by atoms with Crippen molar-refractivity contribution >= 4 is 29.0 Å². The highest BCUT2D eigenvalue weighted by Gasteiger charge is 2.15. The number of rotatable bonds is 9. The molecule has 0 atom stereocenters. The van der Waals surface area contributed by atoms with Crippen LogP contribution in [0.3, 0.4) is 0 Å². The Kier molecular flexibility index (Phi) is 7.24. The molecule has 0 aliphatic heterocycles. The number of nitrogens with zero attached hydrogens (tertiary/aromatic N) is 4. The first-order valence-electron chi connectivity index (χ1n) is 9.79. The van der Waals surface area contributed by atoms with Crippen LogP contribution in [-0.2, 0) is 17.8 Å². The van der Waals surface area contributed by atoms with Crippen molar-refractivity contribution in [2.45, 2.75) is 38.9 Å². The van der Waals surface area contributed by atoms with Crippen LogP contribution in [0.5, 0.6) is 0 Å². The van der Waals surface area contributed by atoms with Gasteiger partial charge in [-0.1, -0.05) is 30.8 Å². The topological polar surface area (TPSA) is 84.7 Å². The predicted octanol–water partition coefficient (Wildman–Crippen LogP) is 4.09. The molecular formula is C21H26N6OS. The fraction of sp³-hybridized carbons (Fsp3) is 0.333. The van der Waals surface area contributed by atoms with Gasteiger partial charge in [0.15, 0.2) is 11.0 Å². The third kappa shape index (κ3) is 5.35. The number of pyridine rings is 1. The van der Waals surface area contributed by atoms with Crippen molar-refractivity contribution in [1.29, 1.82) is 0 Å². The highest BCUT2D eigenvalue weighted by atomic mass is 32.2. The number of carbonyl (C=O) groups excluding carboxylic acids is 1. The lowest BCUT2D eigenvalue weighted by Gasteiger charge is -2.08. The standard InChI is InChI=1S/C21H26N6OS/c1-4-15-7-9-16(10-8-15)24-19(28)14-29-21-26-25-20(27(21)6-3)18-12-11-17(13-23-18)22-5-2/h7-13,22H,4-6,14H2,1-3H3,(H,24,28). The van der Waals surface area contributed by atoms with Crippen LogP contribution in [0.25, 0.3) is 11.5 Å². The van der Waals surface area contributed by atoms with Crippen molar-refractivity contribution in [1.82, 2.24) is 19.7 Å². The third-order valence-corrected chi connectivity index (χ3v) is 5.35. The van der Waals surface area contributed by atoms with Gasteiger partial charge >= 0.3 is 0 Å². The Morgan fingerprint density at radius 3 is 2.41 bits per heavy atom. The van der Waals surface area contributed by atoms with Gasteiger partial charge in [-0.3, -0.25) is 9.78 Å². The number of amides is 1. The van der Waals surface area contributed by atoms with E-state index in [4.69, 9.17) is 0 Å². The van der Waals surface area contributed by atoms with Gasteiger partial charge < -0.3 is 15.2 Å². The van der Waals surface area contributed by atoms with E-state index in [1.807, 2.05) is 54.8 Å². The van der Waals surface area contributed by atoms with Crippen LogP contribution in [0, 0.1) is 0 Å². The average Bonchev–Trinajstić information content (AvgIpc) is 3.16. The lowest BCUT2D eigenvalue weighted by molar-refractivity contribution is -0.113. The number of thioether (sulfide) groups is 1. The second kappa shape index (κ2) is 10.1. The summed E-state index contributed by atoms with van der Waals surface area (Å²) in [6.07, 6.45) is 2.77. The normalized spacial score (nSPS) is 10.7. The smallest absolute Gasteiger partial charge is 0.234 e. The van der Waals surface area contributed by atoms with Crippen LogP contribution in [0.2, 0.25) is 0 Å². The quantitative estimate of drug-likeness (QED) is 0.517. The van der Waals surface area contributed by atoms with E-state index >= 15 is 0 Å². The maximum absolute atomic E-state index is 12.3. The van der Waals surface area contributed by atoms with E-state index in [-0.39, 0.29) is 11.7 Å². The van der Waals surface area contributed by atoms with Crippen LogP contribution in [0.4, 0.5) is 11.4 Å². The highest BCUT2D eigenvalue weighted by Crippen LogP contribution is 2.23. The maximum atomic E-state index is 12.3. The van der Waals surface area contributed by atoms with Crippen molar-refractivity contribution in [2.24, 2.45) is 0 Å². The molecule has 0 spiro atoms. The molecule has 29 heavy (non-hydrogen) atoms. The molecule has 7 nitrogen and oxygen atoms in total. The molecule has 0 aliphatic carbocycles. The first kappa shape index (κ1) is 20.9. The summed E-state index contributed by atoms with van der Waals surface area (Å²) in [5.74, 6) is 0.897. The number of carbonyl (C=O) groups is 1. The molecule has 152 valence electrons. The van der Waals surface area contributed by atoms with Crippen LogP contribution in [0.15, 0.2) is 47.8 Å². The Labute approximate surface area is 175 Å². The van der Waals surface area contributed by atoms with Crippen LogP contribution < -0.4 is 10.6 Å². The number of hydrogen-bond donors (Lipinski definition) is 2. The maximum Gasteiger partial charge on any atom is 0.234 e. The van der Waals surface area contributed by atoms with E-state index in [1.165, 1.54) is 17.3 Å². The summed E-state index contributed by atoms with van der Waals surface area (Å²) in [4.78, 5) is 16.8. The molecule has 2 N–H and O–H groups in total. The Morgan fingerprint density at radius 2 is 1.79 bits per heavy atom. The molecular weight excluding hydrogens is 384 g/mol. The number of anilines is 2. The molecule has 3 aromatic rings. The zero-order chi connectivity index (χ0) is 20.6. The van der Waals surface area contributed by atoms with E-state index in [1.54, 1.807) is 6.20 Å². The number of aromatic nitrogens is 4. The molecule has 0 radical (unpaired) electrons. The molecule has 2 heterocycles. The first-order valence-corrected chi connectivity index (χ1v) is 10.8. The van der Waals surface area contributed by atoms with Crippen LogP contribution in [0.1, 0.15) is 26.3 Å². The van der Waals surface area contributed by atoms with Gasteiger partial charge in [-0.2, -0.15) is 0 Å². The minimum atomic E-state index is -0.0698. The van der Waals surface area contributed by atoms with Gasteiger partial charge in [-0.25, -0.2) is 0 Å². The Bertz CT molecular complexity index is 937. The zero-order valence-electron chi connectivity index (χ0n) is 17.0. The van der Waals surface area contributed by atoms with Crippen molar-refractivity contribution in [3.05, 3.63) is 48.2 Å². The third-order valence-electron chi connectivity index (χ3n) is 4.38. The number of hydrogen-bond acceptors (Lipinski definition) is 6. The van der Waals surface area contributed by atoms with Gasteiger partial charge in [0.2, 0.25) is 5.91 Å². The Balaban J connectivity index is 1.64. The molecule has 0 aliphatic rings. The summed E-state index contributed by atoms with van der Waals surface area (Å²) in [7, 11) is 0. The number of nitrogens with one attached hydrogen (secondary N) is 2. The molecule has 3 rings (SSSR count). The fourth-order valence-electron chi connectivity index (χ4n) is 2.86. The summed E-state index contributed by atoms with van der Waals surface area (Å²) >= 11 is 1.37. The summed E-state index contributed by atoms with van der Waals surface area (Å²) in [5.41, 5.74) is 3.77. The Hall–Kier alpha value is -2.87. The van der Waals surface area contributed by atoms with E-state index in [0.717, 1.165) is 30.0 Å². The van der Waals surface area contributed by atoms with Gasteiger partial charge in [-0.05, 0) is 50.1 Å². The predicted molar refractivity (Wildman–Crippen MR) is 118 cm³/mol. The van der Waals surface area contributed by atoms with Crippen molar-refractivity contribution in [3.63, 3.8) is 0 Å². The molecule has 0 bridgehead atoms. The van der Waals surface area contributed by atoms with E-state index in [2.05, 4.69) is 32.7 Å². The van der Waals surface area contributed by atoms with Crippen LogP contribution >= 0.6 is 11.8 Å². The summed E-state index contributed by atoms with van der Waals surface area (Å²) in [6.45, 7) is 7.72.